The summed E-state index contributed by atoms with van der Waals surface area (Å²) in [6, 6.07) is 10.1. The topological polar surface area (TPSA) is 217 Å². The van der Waals surface area contributed by atoms with E-state index in [9.17, 15) is 27.6 Å². The van der Waals surface area contributed by atoms with Crippen molar-refractivity contribution < 1.29 is 70.2 Å². The Morgan fingerprint density at radius 1 is 1.00 bits per heavy atom. The van der Waals surface area contributed by atoms with Crippen LogP contribution in [0, 0.1) is 18.8 Å². The summed E-state index contributed by atoms with van der Waals surface area (Å²) >= 11 is 1.52. The first-order valence-corrected chi connectivity index (χ1v) is 23.2. The van der Waals surface area contributed by atoms with Crippen LogP contribution in [0.15, 0.2) is 52.7 Å². The van der Waals surface area contributed by atoms with Crippen molar-refractivity contribution in [1.82, 2.24) is 19.5 Å². The average Bonchev–Trinajstić information content (AvgIpc) is 4.05. The number of aromatic nitrogens is 1. The van der Waals surface area contributed by atoms with Gasteiger partial charge in [0.15, 0.2) is 24.4 Å². The average molecular weight is 933 g/mol. The van der Waals surface area contributed by atoms with Gasteiger partial charge in [-0.1, -0.05) is 26.0 Å². The quantitative estimate of drug-likeness (QED) is 0.126. The number of alkyl carbamates (subject to hydrolysis) is 1. The van der Waals surface area contributed by atoms with Crippen molar-refractivity contribution in [1.29, 1.82) is 0 Å². The zero-order valence-corrected chi connectivity index (χ0v) is 38.6. The standard InChI is InChI=1S/C43H56N4O15S2/c1-26(2)18-47(64(52,53)31-12-13-34-35(17-31)59-25-58-34)19-36(60-39(49)23-56-38(48)20-46(7)42(51)62-43(4,5)6)33(45-41(50)61-37-22-57-40-32(37)14-15-54-40)16-28-8-10-30(11-9-28)55-21-29-24-63-27(3)44-29/h8-13,17,24,26,32-33,36-37,40H,14-16,18-23,25H2,1-7H3,(H,45,50)/t32-,33-,36+,37-,40+/m0/s1. The third-order valence-electron chi connectivity index (χ3n) is 10.1. The highest BCUT2D eigenvalue weighted by Gasteiger charge is 2.44. The van der Waals surface area contributed by atoms with Crippen molar-refractivity contribution in [3.05, 3.63) is 64.1 Å². The highest BCUT2D eigenvalue weighted by molar-refractivity contribution is 7.89. The van der Waals surface area contributed by atoms with Crippen molar-refractivity contribution in [2.75, 3.05) is 53.3 Å². The number of nitrogens with one attached hydrogen (secondary N) is 1. The predicted octanol–water partition coefficient (Wildman–Crippen LogP) is 4.83. The van der Waals surface area contributed by atoms with Gasteiger partial charge in [0.1, 0.15) is 36.7 Å². The van der Waals surface area contributed by atoms with Gasteiger partial charge in [-0.2, -0.15) is 4.31 Å². The highest BCUT2D eigenvalue weighted by atomic mass is 32.2. The van der Waals surface area contributed by atoms with Gasteiger partial charge in [-0.3, -0.25) is 4.79 Å². The predicted molar refractivity (Wildman–Crippen MR) is 228 cm³/mol. The molecule has 0 bridgehead atoms. The van der Waals surface area contributed by atoms with Crippen LogP contribution >= 0.6 is 11.3 Å². The van der Waals surface area contributed by atoms with Crippen LogP contribution in [0.25, 0.3) is 0 Å². The first-order valence-electron chi connectivity index (χ1n) is 20.8. The number of hydrogen-bond acceptors (Lipinski definition) is 17. The lowest BCUT2D eigenvalue weighted by atomic mass is 10.0. The first kappa shape index (κ1) is 48.2. The normalized spacial score (nSPS) is 18.9. The molecule has 0 saturated carbocycles. The molecule has 1 aromatic heterocycles. The Kier molecular flexibility index (Phi) is 16.0. The lowest BCUT2D eigenvalue weighted by Crippen LogP contribution is -2.53. The third kappa shape index (κ3) is 13.4. The zero-order valence-electron chi connectivity index (χ0n) is 36.9. The summed E-state index contributed by atoms with van der Waals surface area (Å²) in [4.78, 5) is 58.1. The van der Waals surface area contributed by atoms with Crippen LogP contribution in [0.3, 0.4) is 0 Å². The minimum Gasteiger partial charge on any atom is -0.487 e. The number of likely N-dealkylation sites (N-methyl/N-ethyl adjacent to an activating group) is 1. The van der Waals surface area contributed by atoms with Gasteiger partial charge in [0.05, 0.1) is 47.3 Å². The molecule has 4 heterocycles. The maximum Gasteiger partial charge on any atom is 0.410 e. The van der Waals surface area contributed by atoms with Crippen LogP contribution in [-0.2, 0) is 61.1 Å². The molecule has 2 fully saturated rings. The number of benzene rings is 2. The first-order chi connectivity index (χ1) is 30.3. The lowest BCUT2D eigenvalue weighted by Gasteiger charge is -2.33. The Morgan fingerprint density at radius 2 is 1.75 bits per heavy atom. The maximum atomic E-state index is 14.5. The number of esters is 2. The number of thiazole rings is 1. The number of nitrogens with zero attached hydrogens (tertiary/aromatic N) is 3. The van der Waals surface area contributed by atoms with Crippen molar-refractivity contribution in [3.63, 3.8) is 0 Å². The summed E-state index contributed by atoms with van der Waals surface area (Å²) in [5.74, 6) is -1.22. The summed E-state index contributed by atoms with van der Waals surface area (Å²) in [5.41, 5.74) is 0.617. The van der Waals surface area contributed by atoms with Crippen molar-refractivity contribution in [3.8, 4) is 17.2 Å². The van der Waals surface area contributed by atoms with Crippen molar-refractivity contribution in [2.45, 2.75) is 96.0 Å². The van der Waals surface area contributed by atoms with Gasteiger partial charge in [-0.05, 0) is 76.3 Å². The van der Waals surface area contributed by atoms with E-state index in [0.29, 0.717) is 30.1 Å². The van der Waals surface area contributed by atoms with Crippen LogP contribution in [0.5, 0.6) is 17.2 Å². The Bertz CT molecular complexity index is 2210. The molecule has 0 spiro atoms. The van der Waals surface area contributed by atoms with Gasteiger partial charge in [-0.15, -0.1) is 11.3 Å². The minimum atomic E-state index is -4.33. The van der Waals surface area contributed by atoms with E-state index in [0.717, 1.165) is 19.9 Å². The summed E-state index contributed by atoms with van der Waals surface area (Å²) in [5, 5.41) is 5.68. The van der Waals surface area contributed by atoms with Crippen LogP contribution < -0.4 is 19.5 Å². The number of carbonyl (C=O) groups is 4. The number of amides is 2. The Balaban J connectivity index is 1.27. The van der Waals surface area contributed by atoms with E-state index in [2.05, 4.69) is 10.3 Å². The summed E-state index contributed by atoms with van der Waals surface area (Å²) in [6.07, 6.45) is -3.55. The van der Waals surface area contributed by atoms with Crippen molar-refractivity contribution in [2.24, 2.45) is 11.8 Å². The van der Waals surface area contributed by atoms with Crippen LogP contribution in [0.2, 0.25) is 0 Å². The molecule has 5 atom stereocenters. The smallest absolute Gasteiger partial charge is 0.410 e. The van der Waals surface area contributed by atoms with Crippen LogP contribution in [-0.4, -0.2) is 130 Å². The van der Waals surface area contributed by atoms with Crippen LogP contribution in [0.1, 0.15) is 57.3 Å². The van der Waals surface area contributed by atoms with E-state index in [1.165, 1.54) is 36.6 Å². The summed E-state index contributed by atoms with van der Waals surface area (Å²) < 4.78 is 80.7. The van der Waals surface area contributed by atoms with E-state index < -0.39 is 84.0 Å². The number of aryl methyl sites for hydroxylation is 1. The molecule has 19 nitrogen and oxygen atoms in total. The molecule has 21 heteroatoms. The highest BCUT2D eigenvalue weighted by Crippen LogP contribution is 2.36. The van der Waals surface area contributed by atoms with Gasteiger partial charge in [0.25, 0.3) is 0 Å². The van der Waals surface area contributed by atoms with E-state index in [1.54, 1.807) is 45.0 Å². The molecule has 2 aromatic carbocycles. The fraction of sp³-hybridized carbons (Fsp3) is 0.558. The van der Waals surface area contributed by atoms with Gasteiger partial charge >= 0.3 is 24.1 Å². The molecule has 64 heavy (non-hydrogen) atoms. The lowest BCUT2D eigenvalue weighted by molar-refractivity contribution is -0.163. The number of ether oxygens (including phenoxy) is 9. The number of hydrogen-bond donors (Lipinski definition) is 1. The van der Waals surface area contributed by atoms with Gasteiger partial charge < -0.3 is 52.8 Å². The number of fused-ring (bicyclic) bond motifs is 2. The Hall–Kier alpha value is -5.22. The second-order valence-corrected chi connectivity index (χ2v) is 20.0. The molecule has 0 radical (unpaired) electrons. The van der Waals surface area contributed by atoms with E-state index in [1.807, 2.05) is 26.2 Å². The largest absolute Gasteiger partial charge is 0.487 e. The second kappa shape index (κ2) is 21.2. The fourth-order valence-corrected chi connectivity index (χ4v) is 9.28. The van der Waals surface area contributed by atoms with Crippen molar-refractivity contribution >= 4 is 45.5 Å². The van der Waals surface area contributed by atoms with Crippen LogP contribution in [0.4, 0.5) is 9.59 Å². The third-order valence-corrected chi connectivity index (χ3v) is 12.7. The molecule has 1 N–H and O–H groups in total. The molecule has 2 amide bonds. The SMILES string of the molecule is Cc1nc(COc2ccc(C[C@H](NC(=O)O[C@H]3CO[C@H]4OCC[C@H]43)[C@@H](CN(CC(C)C)S(=O)(=O)c3ccc4c(c3)OCO4)OC(=O)COC(=O)CN(C)C(=O)OC(C)(C)C)cc2)cs1. The monoisotopic (exact) mass is 932 g/mol. The minimum absolute atomic E-state index is 0.00893. The summed E-state index contributed by atoms with van der Waals surface area (Å²) in [7, 11) is -3.00. The number of sulfonamides is 1. The Morgan fingerprint density at radius 3 is 2.45 bits per heavy atom. The molecule has 3 aliphatic rings. The molecule has 0 unspecified atom stereocenters. The van der Waals surface area contributed by atoms with E-state index >= 15 is 0 Å². The molecular weight excluding hydrogens is 877 g/mol. The fourth-order valence-electron chi connectivity index (χ4n) is 7.05. The molecule has 350 valence electrons. The molecule has 2 saturated heterocycles. The number of carbonyl (C=O) groups excluding carboxylic acids is 4. The van der Waals surface area contributed by atoms with Gasteiger partial charge in [0.2, 0.25) is 16.8 Å². The van der Waals surface area contributed by atoms with Gasteiger partial charge in [0, 0.05) is 25.0 Å². The molecule has 3 aromatic rings. The van der Waals surface area contributed by atoms with E-state index in [-0.39, 0.29) is 55.5 Å². The molecule has 0 aliphatic carbocycles. The van der Waals surface area contributed by atoms with E-state index in [4.69, 9.17) is 42.6 Å². The Labute approximate surface area is 376 Å². The number of rotatable bonds is 19. The molecule has 6 rings (SSSR count). The maximum absolute atomic E-state index is 14.5. The molecule has 3 aliphatic heterocycles. The molecular formula is C43H56N4O15S2. The second-order valence-electron chi connectivity index (χ2n) is 17.0. The summed E-state index contributed by atoms with van der Waals surface area (Å²) in [6.45, 7) is 9.39. The zero-order chi connectivity index (χ0) is 46.2. The van der Waals surface area contributed by atoms with Gasteiger partial charge in [-0.25, -0.2) is 27.8 Å².